The molecule has 0 aliphatic rings. The number of benzene rings is 1. The maximum Gasteiger partial charge on any atom is 1.00 e. The van der Waals surface area contributed by atoms with Crippen LogP contribution >= 0.6 is 0 Å². The van der Waals surface area contributed by atoms with E-state index in [0.29, 0.717) is 0 Å². The van der Waals surface area contributed by atoms with Crippen molar-refractivity contribution in [2.24, 2.45) is 0 Å². The van der Waals surface area contributed by atoms with E-state index in [4.69, 9.17) is 0 Å². The molecule has 1 aromatic carbocycles. The molecule has 0 N–H and O–H groups in total. The van der Waals surface area contributed by atoms with Crippen molar-refractivity contribution >= 4 is 16.9 Å². The molecule has 64 valence electrons. The van der Waals surface area contributed by atoms with E-state index >= 15 is 0 Å². The Hall–Kier alpha value is -0.900. The Kier molecular flexibility index (Phi) is 3.63. The molecular formula is C10H6NNaO2. The summed E-state index contributed by atoms with van der Waals surface area (Å²) in [4.78, 5) is 14.6. The van der Waals surface area contributed by atoms with Crippen molar-refractivity contribution in [2.75, 3.05) is 0 Å². The molecule has 1 aromatic heterocycles. The number of aromatic carboxylic acids is 1. The molecule has 0 bridgehead atoms. The van der Waals surface area contributed by atoms with E-state index in [-0.39, 0.29) is 35.1 Å². The van der Waals surface area contributed by atoms with Crippen LogP contribution in [0.1, 0.15) is 10.4 Å². The van der Waals surface area contributed by atoms with E-state index in [0.717, 1.165) is 10.9 Å². The van der Waals surface area contributed by atoms with Crippen LogP contribution in [0.15, 0.2) is 36.5 Å². The zero-order valence-electron chi connectivity index (χ0n) is 7.73. The van der Waals surface area contributed by atoms with Crippen LogP contribution in [0.2, 0.25) is 0 Å². The van der Waals surface area contributed by atoms with Crippen molar-refractivity contribution in [3.05, 3.63) is 42.1 Å². The standard InChI is InChI=1S/C10H7NO2.Na/c12-10(13)8-3-4-9-7(6-8)2-1-5-11-9;/h1-6H,(H,12,13);/q;+1/p-1. The number of hydrogen-bond acceptors (Lipinski definition) is 3. The molecule has 2 aromatic rings. The zero-order chi connectivity index (χ0) is 9.26. The molecule has 2 rings (SSSR count). The molecule has 1 heterocycles. The van der Waals surface area contributed by atoms with Crippen molar-refractivity contribution < 1.29 is 39.5 Å². The van der Waals surface area contributed by atoms with Gasteiger partial charge >= 0.3 is 29.6 Å². The molecule has 0 radical (unpaired) electrons. The third-order valence-corrected chi connectivity index (χ3v) is 1.84. The predicted molar refractivity (Wildman–Crippen MR) is 46.1 cm³/mol. The van der Waals surface area contributed by atoms with Gasteiger partial charge in [0.25, 0.3) is 0 Å². The number of pyridine rings is 1. The van der Waals surface area contributed by atoms with Gasteiger partial charge in [-0.1, -0.05) is 12.1 Å². The van der Waals surface area contributed by atoms with Crippen LogP contribution in [0.5, 0.6) is 0 Å². The van der Waals surface area contributed by atoms with Gasteiger partial charge < -0.3 is 9.90 Å². The third-order valence-electron chi connectivity index (χ3n) is 1.84. The maximum absolute atomic E-state index is 10.5. The summed E-state index contributed by atoms with van der Waals surface area (Å²) in [5.74, 6) is -1.16. The van der Waals surface area contributed by atoms with Gasteiger partial charge in [0.05, 0.1) is 11.5 Å². The minimum absolute atomic E-state index is 0. The Morgan fingerprint density at radius 1 is 1.29 bits per heavy atom. The molecule has 0 atom stereocenters. The third kappa shape index (κ3) is 2.12. The summed E-state index contributed by atoms with van der Waals surface area (Å²) in [6, 6.07) is 8.29. The van der Waals surface area contributed by atoms with E-state index in [1.807, 2.05) is 6.07 Å². The zero-order valence-corrected chi connectivity index (χ0v) is 9.73. The number of hydrogen-bond donors (Lipinski definition) is 0. The first-order chi connectivity index (χ1) is 6.27. The smallest absolute Gasteiger partial charge is 0.545 e. The monoisotopic (exact) mass is 195 g/mol. The van der Waals surface area contributed by atoms with Crippen LogP contribution in [-0.4, -0.2) is 11.0 Å². The summed E-state index contributed by atoms with van der Waals surface area (Å²) in [6.07, 6.45) is 1.67. The molecule has 0 aliphatic heterocycles. The van der Waals surface area contributed by atoms with Crippen LogP contribution in [0, 0.1) is 0 Å². The normalized spacial score (nSPS) is 9.43. The fraction of sp³-hybridized carbons (Fsp3) is 0. The molecule has 14 heavy (non-hydrogen) atoms. The number of carboxylic acids is 1. The summed E-state index contributed by atoms with van der Waals surface area (Å²) in [5, 5.41) is 11.3. The van der Waals surface area contributed by atoms with Crippen molar-refractivity contribution in [1.29, 1.82) is 0 Å². The van der Waals surface area contributed by atoms with Crippen molar-refractivity contribution in [1.82, 2.24) is 4.98 Å². The molecule has 3 nitrogen and oxygen atoms in total. The van der Waals surface area contributed by atoms with Gasteiger partial charge in [0.2, 0.25) is 0 Å². The molecule has 0 aliphatic carbocycles. The first kappa shape index (κ1) is 11.2. The number of carbonyl (C=O) groups excluding carboxylic acids is 1. The number of nitrogens with zero attached hydrogens (tertiary/aromatic N) is 1. The van der Waals surface area contributed by atoms with E-state index in [1.54, 1.807) is 24.4 Å². The Morgan fingerprint density at radius 3 is 2.79 bits per heavy atom. The van der Waals surface area contributed by atoms with Gasteiger partial charge in [-0.15, -0.1) is 0 Å². The Labute approximate surface area is 103 Å². The minimum atomic E-state index is -1.16. The van der Waals surface area contributed by atoms with Crippen LogP contribution in [0.25, 0.3) is 10.9 Å². The van der Waals surface area contributed by atoms with E-state index in [1.165, 1.54) is 6.07 Å². The summed E-state index contributed by atoms with van der Waals surface area (Å²) in [5.41, 5.74) is 0.966. The van der Waals surface area contributed by atoms with Crippen molar-refractivity contribution in [3.63, 3.8) is 0 Å². The van der Waals surface area contributed by atoms with Crippen molar-refractivity contribution in [3.8, 4) is 0 Å². The Balaban J connectivity index is 0.000000980. The molecule has 0 saturated heterocycles. The molecule has 0 saturated carbocycles. The van der Waals surface area contributed by atoms with Crippen LogP contribution in [-0.2, 0) is 0 Å². The average Bonchev–Trinajstić information content (AvgIpc) is 2.17. The minimum Gasteiger partial charge on any atom is -0.545 e. The maximum atomic E-state index is 10.5. The van der Waals surface area contributed by atoms with Gasteiger partial charge in [0.1, 0.15) is 0 Å². The molecule has 0 unspecified atom stereocenters. The van der Waals surface area contributed by atoms with Gasteiger partial charge in [-0.3, -0.25) is 4.98 Å². The average molecular weight is 195 g/mol. The van der Waals surface area contributed by atoms with Crippen LogP contribution < -0.4 is 34.7 Å². The summed E-state index contributed by atoms with van der Waals surface area (Å²) in [7, 11) is 0. The van der Waals surface area contributed by atoms with Gasteiger partial charge in [-0.2, -0.15) is 0 Å². The fourth-order valence-corrected chi connectivity index (χ4v) is 1.20. The summed E-state index contributed by atoms with van der Waals surface area (Å²) < 4.78 is 0. The van der Waals surface area contributed by atoms with Crippen LogP contribution in [0.4, 0.5) is 0 Å². The topological polar surface area (TPSA) is 53.0 Å². The second kappa shape index (κ2) is 4.55. The number of carbonyl (C=O) groups is 1. The van der Waals surface area contributed by atoms with Gasteiger partial charge in [0, 0.05) is 11.6 Å². The SMILES string of the molecule is O=C([O-])c1ccc2ncccc2c1.[Na+]. The molecule has 0 spiro atoms. The molecular weight excluding hydrogens is 189 g/mol. The largest absolute Gasteiger partial charge is 1.00 e. The number of aromatic nitrogens is 1. The second-order valence-electron chi connectivity index (χ2n) is 2.70. The molecule has 4 heteroatoms. The number of fused-ring (bicyclic) bond motifs is 1. The first-order valence-electron chi connectivity index (χ1n) is 3.83. The van der Waals surface area contributed by atoms with E-state index < -0.39 is 5.97 Å². The van der Waals surface area contributed by atoms with Gasteiger partial charge in [0.15, 0.2) is 0 Å². The van der Waals surface area contributed by atoms with Crippen molar-refractivity contribution in [2.45, 2.75) is 0 Å². The number of rotatable bonds is 1. The number of carboxylic acid groups (broad SMARTS) is 1. The Bertz CT molecular complexity index is 470. The first-order valence-corrected chi connectivity index (χ1v) is 3.83. The fourth-order valence-electron chi connectivity index (χ4n) is 1.20. The van der Waals surface area contributed by atoms with E-state index in [2.05, 4.69) is 4.98 Å². The molecule has 0 amide bonds. The van der Waals surface area contributed by atoms with E-state index in [9.17, 15) is 9.90 Å². The predicted octanol–water partition coefficient (Wildman–Crippen LogP) is -2.40. The van der Waals surface area contributed by atoms with Gasteiger partial charge in [-0.05, 0) is 23.8 Å². The second-order valence-corrected chi connectivity index (χ2v) is 2.70. The summed E-state index contributed by atoms with van der Waals surface area (Å²) >= 11 is 0. The summed E-state index contributed by atoms with van der Waals surface area (Å²) in [6.45, 7) is 0. The van der Waals surface area contributed by atoms with Gasteiger partial charge in [-0.25, -0.2) is 0 Å². The Morgan fingerprint density at radius 2 is 2.07 bits per heavy atom. The molecule has 0 fully saturated rings. The quantitative estimate of drug-likeness (QED) is 0.477. The van der Waals surface area contributed by atoms with Crippen LogP contribution in [0.3, 0.4) is 0 Å².